The molecule has 0 bridgehead atoms. The zero-order chi connectivity index (χ0) is 18.1. The van der Waals surface area contributed by atoms with Crippen molar-refractivity contribution in [3.63, 3.8) is 0 Å². The zero-order valence-electron chi connectivity index (χ0n) is 13.9. The Bertz CT molecular complexity index is 985. The minimum absolute atomic E-state index is 0.0722. The molecule has 3 heterocycles. The molecule has 1 aromatic carbocycles. The van der Waals surface area contributed by atoms with E-state index in [2.05, 4.69) is 10.3 Å². The number of furan rings is 1. The molecule has 26 heavy (non-hydrogen) atoms. The van der Waals surface area contributed by atoms with Crippen LogP contribution in [-0.4, -0.2) is 23.3 Å². The minimum Gasteiger partial charge on any atom is -0.472 e. The number of fused-ring (bicyclic) bond motifs is 2. The zero-order valence-corrected chi connectivity index (χ0v) is 14.7. The predicted molar refractivity (Wildman–Crippen MR) is 98.8 cm³/mol. The normalized spacial score (nSPS) is 13.0. The van der Waals surface area contributed by atoms with E-state index >= 15 is 0 Å². The van der Waals surface area contributed by atoms with Gasteiger partial charge in [0.1, 0.15) is 11.3 Å². The highest BCUT2D eigenvalue weighted by Gasteiger charge is 2.27. The lowest BCUT2D eigenvalue weighted by Gasteiger charge is -2.21. The molecule has 0 spiro atoms. The third-order valence-corrected chi connectivity index (χ3v) is 5.13. The van der Waals surface area contributed by atoms with Crippen LogP contribution >= 0.6 is 11.8 Å². The quantitative estimate of drug-likeness (QED) is 0.758. The van der Waals surface area contributed by atoms with Crippen molar-refractivity contribution in [2.45, 2.75) is 16.8 Å². The second-order valence-electron chi connectivity index (χ2n) is 5.66. The van der Waals surface area contributed by atoms with Crippen LogP contribution in [0, 0.1) is 0 Å². The molecule has 0 aliphatic carbocycles. The molecule has 1 aliphatic rings. The van der Waals surface area contributed by atoms with Crippen LogP contribution in [0.4, 0.5) is 11.4 Å². The number of nitrogens with zero attached hydrogens (tertiary/aromatic N) is 2. The van der Waals surface area contributed by atoms with Crippen LogP contribution in [0.3, 0.4) is 0 Å². The molecule has 2 amide bonds. The van der Waals surface area contributed by atoms with E-state index in [4.69, 9.17) is 4.42 Å². The summed E-state index contributed by atoms with van der Waals surface area (Å²) in [5.74, 6) is -0.323. The van der Waals surface area contributed by atoms with E-state index in [1.54, 1.807) is 35.4 Å². The topological polar surface area (TPSA) is 75.4 Å². The predicted octanol–water partition coefficient (Wildman–Crippen LogP) is 4.06. The van der Waals surface area contributed by atoms with Gasteiger partial charge in [-0.05, 0) is 43.3 Å². The summed E-state index contributed by atoms with van der Waals surface area (Å²) in [6, 6.07) is 10.6. The Hall–Kier alpha value is -3.06. The molecule has 4 rings (SSSR count). The van der Waals surface area contributed by atoms with E-state index in [1.807, 2.05) is 19.1 Å². The summed E-state index contributed by atoms with van der Waals surface area (Å²) in [6.45, 7) is 2.48. The molecule has 0 atom stereocenters. The molecule has 130 valence electrons. The van der Waals surface area contributed by atoms with Gasteiger partial charge in [0.15, 0.2) is 0 Å². The number of nitrogens with one attached hydrogen (secondary N) is 1. The Morgan fingerprint density at radius 1 is 1.31 bits per heavy atom. The van der Waals surface area contributed by atoms with E-state index in [9.17, 15) is 9.59 Å². The van der Waals surface area contributed by atoms with Crippen LogP contribution in [0.25, 0.3) is 0 Å². The van der Waals surface area contributed by atoms with Crippen molar-refractivity contribution in [3.8, 4) is 0 Å². The van der Waals surface area contributed by atoms with Gasteiger partial charge in [0.25, 0.3) is 11.8 Å². The molecule has 0 saturated heterocycles. The number of amides is 2. The van der Waals surface area contributed by atoms with Gasteiger partial charge in [-0.3, -0.25) is 9.59 Å². The van der Waals surface area contributed by atoms with Crippen LogP contribution in [0.2, 0.25) is 0 Å². The maximum absolute atomic E-state index is 12.8. The minimum atomic E-state index is -0.251. The van der Waals surface area contributed by atoms with Crippen molar-refractivity contribution >= 4 is 35.0 Å². The van der Waals surface area contributed by atoms with Crippen molar-refractivity contribution in [2.75, 3.05) is 16.8 Å². The molecular formula is C19H15N3O3S. The summed E-state index contributed by atoms with van der Waals surface area (Å²) >= 11 is 1.42. The summed E-state index contributed by atoms with van der Waals surface area (Å²) in [5.41, 5.74) is 2.48. The van der Waals surface area contributed by atoms with Crippen LogP contribution in [-0.2, 0) is 0 Å². The van der Waals surface area contributed by atoms with E-state index in [1.165, 1.54) is 24.3 Å². The van der Waals surface area contributed by atoms with E-state index < -0.39 is 0 Å². The van der Waals surface area contributed by atoms with Crippen molar-refractivity contribution in [3.05, 3.63) is 66.2 Å². The molecule has 0 saturated carbocycles. The Morgan fingerprint density at radius 2 is 2.19 bits per heavy atom. The van der Waals surface area contributed by atoms with Crippen LogP contribution in [0.15, 0.2) is 69.5 Å². The lowest BCUT2D eigenvalue weighted by molar-refractivity contribution is 0.0983. The van der Waals surface area contributed by atoms with Crippen LogP contribution in [0.5, 0.6) is 0 Å². The van der Waals surface area contributed by atoms with Gasteiger partial charge in [-0.2, -0.15) is 0 Å². The first kappa shape index (κ1) is 16.4. The molecule has 0 radical (unpaired) electrons. The van der Waals surface area contributed by atoms with Gasteiger partial charge >= 0.3 is 0 Å². The third kappa shape index (κ3) is 2.86. The number of carbonyl (C=O) groups is 2. The van der Waals surface area contributed by atoms with Gasteiger partial charge in [0, 0.05) is 23.3 Å². The largest absolute Gasteiger partial charge is 0.472 e. The fourth-order valence-electron chi connectivity index (χ4n) is 2.80. The summed E-state index contributed by atoms with van der Waals surface area (Å²) in [4.78, 5) is 32.0. The van der Waals surface area contributed by atoms with E-state index in [0.717, 1.165) is 10.6 Å². The molecule has 3 aromatic rings. The van der Waals surface area contributed by atoms with Crippen molar-refractivity contribution in [1.29, 1.82) is 0 Å². The maximum Gasteiger partial charge on any atom is 0.261 e. The van der Waals surface area contributed by atoms with Gasteiger partial charge in [-0.25, -0.2) is 4.98 Å². The van der Waals surface area contributed by atoms with Crippen LogP contribution in [0.1, 0.15) is 27.6 Å². The average Bonchev–Trinajstić information content (AvgIpc) is 3.15. The first-order chi connectivity index (χ1) is 12.7. The van der Waals surface area contributed by atoms with E-state index in [0.29, 0.717) is 28.4 Å². The van der Waals surface area contributed by atoms with Crippen LogP contribution < -0.4 is 10.2 Å². The van der Waals surface area contributed by atoms with Gasteiger partial charge in [-0.1, -0.05) is 11.8 Å². The monoisotopic (exact) mass is 365 g/mol. The van der Waals surface area contributed by atoms with Crippen molar-refractivity contribution < 1.29 is 14.0 Å². The van der Waals surface area contributed by atoms with E-state index in [-0.39, 0.29) is 11.8 Å². The molecule has 7 heteroatoms. The number of carbonyl (C=O) groups excluding carboxylic acids is 2. The molecule has 2 aromatic heterocycles. The first-order valence-corrected chi connectivity index (χ1v) is 8.91. The Morgan fingerprint density at radius 3 is 2.96 bits per heavy atom. The number of benzene rings is 1. The number of pyridine rings is 1. The van der Waals surface area contributed by atoms with Crippen molar-refractivity contribution in [2.24, 2.45) is 0 Å². The first-order valence-electron chi connectivity index (χ1n) is 8.09. The lowest BCUT2D eigenvalue weighted by atomic mass is 10.2. The SMILES string of the molecule is CCN1C(=O)c2cccnc2Sc2cc(NC(=O)c3ccoc3)ccc21. The summed E-state index contributed by atoms with van der Waals surface area (Å²) < 4.78 is 4.94. The van der Waals surface area contributed by atoms with Gasteiger partial charge < -0.3 is 14.6 Å². The lowest BCUT2D eigenvalue weighted by Crippen LogP contribution is -2.30. The fourth-order valence-corrected chi connectivity index (χ4v) is 3.86. The highest BCUT2D eigenvalue weighted by molar-refractivity contribution is 7.99. The molecular weight excluding hydrogens is 350 g/mol. The standard InChI is InChI=1S/C19H15N3O3S/c1-2-22-15-6-5-13(21-17(23)12-7-9-25-11-12)10-16(15)26-18-14(19(22)24)4-3-8-20-18/h3-11H,2H2,1H3,(H,21,23). The van der Waals surface area contributed by atoms with Crippen molar-refractivity contribution in [1.82, 2.24) is 4.98 Å². The third-order valence-electron chi connectivity index (χ3n) is 4.06. The number of hydrogen-bond donors (Lipinski definition) is 1. The summed E-state index contributed by atoms with van der Waals surface area (Å²) in [6.07, 6.45) is 4.52. The smallest absolute Gasteiger partial charge is 0.261 e. The molecule has 1 N–H and O–H groups in total. The Balaban J connectivity index is 1.72. The van der Waals surface area contributed by atoms with Gasteiger partial charge in [0.05, 0.1) is 23.1 Å². The molecule has 0 fully saturated rings. The number of rotatable bonds is 3. The second kappa shape index (κ2) is 6.68. The molecule has 6 nitrogen and oxygen atoms in total. The summed E-state index contributed by atoms with van der Waals surface area (Å²) in [5, 5.41) is 3.51. The van der Waals surface area contributed by atoms with Gasteiger partial charge in [-0.15, -0.1) is 0 Å². The Kier molecular flexibility index (Phi) is 4.22. The fraction of sp³-hybridized carbons (Fsp3) is 0.105. The summed E-state index contributed by atoms with van der Waals surface area (Å²) in [7, 11) is 0. The number of aromatic nitrogens is 1. The molecule has 0 unspecified atom stereocenters. The molecule has 1 aliphatic heterocycles. The highest BCUT2D eigenvalue weighted by Crippen LogP contribution is 2.41. The number of hydrogen-bond acceptors (Lipinski definition) is 5. The Labute approximate surface area is 154 Å². The maximum atomic E-state index is 12.8. The average molecular weight is 365 g/mol. The highest BCUT2D eigenvalue weighted by atomic mass is 32.2. The second-order valence-corrected chi connectivity index (χ2v) is 6.69. The van der Waals surface area contributed by atoms with Gasteiger partial charge in [0.2, 0.25) is 0 Å². The number of anilines is 2.